The molecule has 4 heteroatoms. The van der Waals surface area contributed by atoms with Crippen molar-refractivity contribution in [1.82, 2.24) is 0 Å². The van der Waals surface area contributed by atoms with Crippen LogP contribution in [0.15, 0.2) is 10.4 Å². The third-order valence-corrected chi connectivity index (χ3v) is 3.92. The van der Waals surface area contributed by atoms with Gasteiger partial charge in [0.25, 0.3) is 0 Å². The van der Waals surface area contributed by atoms with E-state index in [0.29, 0.717) is 0 Å². The van der Waals surface area contributed by atoms with E-state index < -0.39 is 0 Å². The lowest BCUT2D eigenvalue weighted by atomic mass is 11.1. The summed E-state index contributed by atoms with van der Waals surface area (Å²) in [6.45, 7) is 0. The lowest BCUT2D eigenvalue weighted by molar-refractivity contribution is 1.59. The summed E-state index contributed by atoms with van der Waals surface area (Å²) in [4.78, 5) is 0. The topological polar surface area (TPSA) is 26.0 Å². The molecule has 1 aliphatic rings. The van der Waals surface area contributed by atoms with E-state index in [-0.39, 0.29) is 0 Å². The molecule has 0 saturated carbocycles. The molecular formula is C2H3NS3. The summed E-state index contributed by atoms with van der Waals surface area (Å²) >= 11 is 0. The lowest BCUT2D eigenvalue weighted by Crippen LogP contribution is -1.83. The third-order valence-electron chi connectivity index (χ3n) is 0.334. The van der Waals surface area contributed by atoms with Crippen LogP contribution in [0, 0.1) is 0 Å². The molecule has 0 spiro atoms. The fourth-order valence-corrected chi connectivity index (χ4v) is 3.43. The number of hydrogen-bond acceptors (Lipinski definition) is 4. The number of hydrogen-bond donors (Lipinski definition) is 1. The molecule has 0 unspecified atom stereocenters. The highest BCUT2D eigenvalue weighted by Gasteiger charge is 1.98. The summed E-state index contributed by atoms with van der Waals surface area (Å²) in [6, 6.07) is 0. The summed E-state index contributed by atoms with van der Waals surface area (Å²) in [5, 5.41) is 2.86. The van der Waals surface area contributed by atoms with Crippen molar-refractivity contribution in [1.29, 1.82) is 0 Å². The van der Waals surface area contributed by atoms with Crippen molar-refractivity contribution in [2.75, 3.05) is 0 Å². The van der Waals surface area contributed by atoms with Crippen LogP contribution in [0.4, 0.5) is 0 Å². The molecule has 0 aromatic heterocycles. The van der Waals surface area contributed by atoms with E-state index in [0.717, 1.165) is 5.03 Å². The van der Waals surface area contributed by atoms with Crippen molar-refractivity contribution in [3.63, 3.8) is 0 Å². The molecule has 6 heavy (non-hydrogen) atoms. The molecule has 1 heterocycles. The molecular weight excluding hydrogens is 134 g/mol. The lowest BCUT2D eigenvalue weighted by Gasteiger charge is -1.78. The Hall–Kier alpha value is 0.590. The largest absolute Gasteiger partial charge is 0.392 e. The van der Waals surface area contributed by atoms with Gasteiger partial charge in [-0.2, -0.15) is 0 Å². The predicted octanol–water partition coefficient (Wildman–Crippen LogP) is 1.79. The normalized spacial score (nSPS) is 21.0. The Morgan fingerprint density at radius 1 is 1.67 bits per heavy atom. The van der Waals surface area contributed by atoms with Crippen molar-refractivity contribution < 1.29 is 0 Å². The SMILES string of the molecule is NC1=CSSS1. The van der Waals surface area contributed by atoms with Crippen molar-refractivity contribution in [2.24, 2.45) is 5.73 Å². The summed E-state index contributed by atoms with van der Waals surface area (Å²) < 4.78 is 0. The Morgan fingerprint density at radius 2 is 2.50 bits per heavy atom. The monoisotopic (exact) mass is 137 g/mol. The van der Waals surface area contributed by atoms with Gasteiger partial charge in [-0.25, -0.2) is 0 Å². The molecule has 0 aromatic rings. The zero-order valence-electron chi connectivity index (χ0n) is 2.88. The van der Waals surface area contributed by atoms with Crippen LogP contribution in [-0.4, -0.2) is 0 Å². The number of rotatable bonds is 0. The van der Waals surface area contributed by atoms with Gasteiger partial charge < -0.3 is 5.73 Å². The van der Waals surface area contributed by atoms with Crippen LogP contribution in [0.1, 0.15) is 0 Å². The van der Waals surface area contributed by atoms with Gasteiger partial charge in [-0.1, -0.05) is 10.8 Å². The van der Waals surface area contributed by atoms with E-state index in [4.69, 9.17) is 5.73 Å². The van der Waals surface area contributed by atoms with E-state index in [2.05, 4.69) is 0 Å². The minimum atomic E-state index is 0.921. The highest BCUT2D eigenvalue weighted by molar-refractivity contribution is 9.11. The van der Waals surface area contributed by atoms with Crippen LogP contribution in [-0.2, 0) is 0 Å². The maximum atomic E-state index is 5.32. The summed E-state index contributed by atoms with van der Waals surface area (Å²) in [5.74, 6) is 0. The minimum Gasteiger partial charge on any atom is -0.392 e. The van der Waals surface area contributed by atoms with Crippen molar-refractivity contribution in [3.05, 3.63) is 10.4 Å². The second kappa shape index (κ2) is 2.04. The van der Waals surface area contributed by atoms with Crippen LogP contribution >= 0.6 is 31.4 Å². The van der Waals surface area contributed by atoms with Gasteiger partial charge in [-0.05, 0) is 20.6 Å². The smallest absolute Gasteiger partial charge is 0.0844 e. The highest BCUT2D eigenvalue weighted by Crippen LogP contribution is 2.45. The Balaban J connectivity index is 2.45. The Morgan fingerprint density at radius 3 is 2.67 bits per heavy atom. The molecule has 0 fully saturated rings. The van der Waals surface area contributed by atoms with Gasteiger partial charge in [0.1, 0.15) is 0 Å². The molecule has 2 N–H and O–H groups in total. The first-order chi connectivity index (χ1) is 2.89. The van der Waals surface area contributed by atoms with Crippen LogP contribution < -0.4 is 5.73 Å². The third kappa shape index (κ3) is 1.03. The quantitative estimate of drug-likeness (QED) is 0.515. The first-order valence-corrected chi connectivity index (χ1v) is 4.90. The summed E-state index contributed by atoms with van der Waals surface area (Å²) in [5.41, 5.74) is 5.32. The van der Waals surface area contributed by atoms with Gasteiger partial charge in [-0.15, -0.1) is 0 Å². The molecule has 0 aromatic carbocycles. The summed E-state index contributed by atoms with van der Waals surface area (Å²) in [7, 11) is 4.99. The van der Waals surface area contributed by atoms with Gasteiger partial charge >= 0.3 is 0 Å². The van der Waals surface area contributed by atoms with E-state index in [1.165, 1.54) is 0 Å². The standard InChI is InChI=1S/C2H3NS3/c3-2-1-4-6-5-2/h1H,3H2. The number of nitrogens with two attached hydrogens (primary N) is 1. The van der Waals surface area contributed by atoms with Gasteiger partial charge in [-0.3, -0.25) is 0 Å². The van der Waals surface area contributed by atoms with E-state index in [9.17, 15) is 0 Å². The summed E-state index contributed by atoms with van der Waals surface area (Å²) in [6.07, 6.45) is 0. The van der Waals surface area contributed by atoms with Gasteiger partial charge in [0.05, 0.1) is 5.03 Å². The van der Waals surface area contributed by atoms with Gasteiger partial charge in [0, 0.05) is 5.41 Å². The van der Waals surface area contributed by atoms with E-state index in [1.807, 2.05) is 5.41 Å². The zero-order valence-corrected chi connectivity index (χ0v) is 5.33. The van der Waals surface area contributed by atoms with Crippen molar-refractivity contribution in [3.8, 4) is 0 Å². The average molecular weight is 137 g/mol. The molecule has 0 atom stereocenters. The molecule has 0 bridgehead atoms. The maximum absolute atomic E-state index is 5.32. The molecule has 1 rings (SSSR count). The Bertz CT molecular complexity index is 78.9. The fraction of sp³-hybridized carbons (Fsp3) is 0. The first-order valence-electron chi connectivity index (χ1n) is 1.35. The second-order valence-corrected chi connectivity index (χ2v) is 4.68. The molecule has 1 nitrogen and oxygen atoms in total. The van der Waals surface area contributed by atoms with Gasteiger partial charge in [0.15, 0.2) is 0 Å². The first kappa shape index (κ1) is 4.74. The molecule has 0 amide bonds. The molecule has 0 radical (unpaired) electrons. The van der Waals surface area contributed by atoms with Crippen molar-refractivity contribution >= 4 is 31.4 Å². The fourth-order valence-electron chi connectivity index (χ4n) is 0.146. The second-order valence-electron chi connectivity index (χ2n) is 0.768. The van der Waals surface area contributed by atoms with Gasteiger partial charge in [0.2, 0.25) is 0 Å². The van der Waals surface area contributed by atoms with Crippen LogP contribution in [0.2, 0.25) is 0 Å². The van der Waals surface area contributed by atoms with Crippen LogP contribution in [0.5, 0.6) is 0 Å². The van der Waals surface area contributed by atoms with Crippen LogP contribution in [0.3, 0.4) is 0 Å². The molecule has 34 valence electrons. The maximum Gasteiger partial charge on any atom is 0.0844 e. The predicted molar refractivity (Wildman–Crippen MR) is 35.0 cm³/mol. The highest BCUT2D eigenvalue weighted by atomic mass is 33.5. The Labute approximate surface area is 47.9 Å². The Kier molecular flexibility index (Phi) is 1.62. The molecule has 1 aliphatic heterocycles. The van der Waals surface area contributed by atoms with Crippen molar-refractivity contribution in [2.45, 2.75) is 0 Å². The average Bonchev–Trinajstić information content (AvgIpc) is 1.86. The van der Waals surface area contributed by atoms with E-state index >= 15 is 0 Å². The van der Waals surface area contributed by atoms with E-state index in [1.54, 1.807) is 31.4 Å². The van der Waals surface area contributed by atoms with Crippen LogP contribution in [0.25, 0.3) is 0 Å². The molecule has 0 saturated heterocycles. The molecule has 0 aliphatic carbocycles. The zero-order chi connectivity index (χ0) is 4.41. The minimum absolute atomic E-state index is 0.921.